The molecule has 0 heterocycles. The monoisotopic (exact) mass is 279 g/mol. The molecule has 0 aromatic heterocycles. The minimum absolute atomic E-state index is 0.0155. The Kier molecular flexibility index (Phi) is 5.99. The Morgan fingerprint density at radius 3 is 2.35 bits per heavy atom. The first-order valence-electron chi connectivity index (χ1n) is 6.39. The molecule has 0 saturated carbocycles. The lowest BCUT2D eigenvalue weighted by molar-refractivity contribution is -0.120. The number of carboxylic acid groups (broad SMARTS) is 1. The molecule has 1 aromatic carbocycles. The van der Waals surface area contributed by atoms with Crippen molar-refractivity contribution >= 4 is 12.0 Å². The molecule has 0 spiro atoms. The summed E-state index contributed by atoms with van der Waals surface area (Å²) in [5.41, 5.74) is 6.37. The Hall–Kier alpha value is -2.08. The van der Waals surface area contributed by atoms with Crippen molar-refractivity contribution in [2.24, 2.45) is 5.73 Å². The van der Waals surface area contributed by atoms with E-state index in [-0.39, 0.29) is 6.04 Å². The lowest BCUT2D eigenvalue weighted by atomic mass is 9.98. The second-order valence-electron chi connectivity index (χ2n) is 4.95. The quantitative estimate of drug-likeness (QED) is 0.683. The van der Waals surface area contributed by atoms with Gasteiger partial charge in [-0.05, 0) is 32.5 Å². The third-order valence-corrected chi connectivity index (χ3v) is 3.19. The number of rotatable bonds is 7. The Morgan fingerprint density at radius 2 is 1.90 bits per heavy atom. The van der Waals surface area contributed by atoms with Gasteiger partial charge in [0, 0.05) is 6.04 Å². The van der Waals surface area contributed by atoms with Crippen LogP contribution in [0.4, 0.5) is 4.79 Å². The molecular formula is C14H21N3O3. The minimum Gasteiger partial charge on any atom is -0.465 e. The van der Waals surface area contributed by atoms with E-state index in [1.54, 1.807) is 0 Å². The maximum absolute atomic E-state index is 11.3. The minimum atomic E-state index is -1.24. The molecule has 20 heavy (non-hydrogen) atoms. The van der Waals surface area contributed by atoms with Gasteiger partial charge in [0.25, 0.3) is 0 Å². The highest BCUT2D eigenvalue weighted by molar-refractivity contribution is 5.83. The van der Waals surface area contributed by atoms with E-state index >= 15 is 0 Å². The SMILES string of the molecule is CN(C)[C@H](Cc1ccccc1)CC(NC(=O)O)C(N)=O. The van der Waals surface area contributed by atoms with Crippen molar-refractivity contribution in [1.29, 1.82) is 0 Å². The highest BCUT2D eigenvalue weighted by Crippen LogP contribution is 2.12. The smallest absolute Gasteiger partial charge is 0.405 e. The average Bonchev–Trinajstić information content (AvgIpc) is 2.37. The fourth-order valence-corrected chi connectivity index (χ4v) is 2.03. The first-order chi connectivity index (χ1) is 9.40. The maximum atomic E-state index is 11.3. The van der Waals surface area contributed by atoms with Crippen LogP contribution in [0.25, 0.3) is 0 Å². The van der Waals surface area contributed by atoms with Crippen molar-refractivity contribution < 1.29 is 14.7 Å². The van der Waals surface area contributed by atoms with Crippen LogP contribution in [0.2, 0.25) is 0 Å². The van der Waals surface area contributed by atoms with Crippen molar-refractivity contribution in [3.8, 4) is 0 Å². The molecule has 2 amide bonds. The molecule has 0 saturated heterocycles. The van der Waals surface area contributed by atoms with E-state index in [0.29, 0.717) is 6.42 Å². The van der Waals surface area contributed by atoms with Gasteiger partial charge in [-0.25, -0.2) is 4.79 Å². The van der Waals surface area contributed by atoms with Crippen molar-refractivity contribution in [2.75, 3.05) is 14.1 Å². The number of carbonyl (C=O) groups is 2. The number of hydrogen-bond acceptors (Lipinski definition) is 3. The lowest BCUT2D eigenvalue weighted by Crippen LogP contribution is -2.48. The van der Waals surface area contributed by atoms with Crippen LogP contribution >= 0.6 is 0 Å². The molecule has 2 atom stereocenters. The van der Waals surface area contributed by atoms with Crippen LogP contribution in [0.15, 0.2) is 30.3 Å². The summed E-state index contributed by atoms with van der Waals surface area (Å²) < 4.78 is 0. The summed E-state index contributed by atoms with van der Waals surface area (Å²) in [5.74, 6) is -0.660. The summed E-state index contributed by atoms with van der Waals surface area (Å²) in [5, 5.41) is 10.9. The van der Waals surface area contributed by atoms with Gasteiger partial charge in [-0.1, -0.05) is 30.3 Å². The van der Waals surface area contributed by atoms with Gasteiger partial charge in [0.05, 0.1) is 0 Å². The second-order valence-corrected chi connectivity index (χ2v) is 4.95. The van der Waals surface area contributed by atoms with E-state index in [1.165, 1.54) is 0 Å². The van der Waals surface area contributed by atoms with E-state index in [9.17, 15) is 9.59 Å². The zero-order valence-electron chi connectivity index (χ0n) is 11.7. The number of carbonyl (C=O) groups excluding carboxylic acids is 1. The van der Waals surface area contributed by atoms with Gasteiger partial charge < -0.3 is 21.1 Å². The number of nitrogens with one attached hydrogen (secondary N) is 1. The molecule has 4 N–H and O–H groups in total. The van der Waals surface area contributed by atoms with E-state index in [0.717, 1.165) is 12.0 Å². The zero-order valence-corrected chi connectivity index (χ0v) is 11.7. The Labute approximate surface area is 118 Å². The predicted octanol–water partition coefficient (Wildman–Crippen LogP) is 0.671. The van der Waals surface area contributed by atoms with Crippen molar-refractivity contribution in [1.82, 2.24) is 10.2 Å². The first-order valence-corrected chi connectivity index (χ1v) is 6.39. The number of amides is 2. The molecular weight excluding hydrogens is 258 g/mol. The van der Waals surface area contributed by atoms with Crippen LogP contribution in [0.5, 0.6) is 0 Å². The van der Waals surface area contributed by atoms with E-state index in [2.05, 4.69) is 5.32 Å². The molecule has 0 aliphatic rings. The molecule has 6 nitrogen and oxygen atoms in total. The molecule has 1 unspecified atom stereocenters. The van der Waals surface area contributed by atoms with Crippen molar-refractivity contribution in [2.45, 2.75) is 24.9 Å². The number of nitrogens with two attached hydrogens (primary N) is 1. The molecule has 6 heteroatoms. The van der Waals surface area contributed by atoms with Gasteiger partial charge in [-0.3, -0.25) is 4.79 Å². The van der Waals surface area contributed by atoms with Crippen LogP contribution in [-0.2, 0) is 11.2 Å². The van der Waals surface area contributed by atoms with Gasteiger partial charge in [0.2, 0.25) is 5.91 Å². The molecule has 0 radical (unpaired) electrons. The van der Waals surface area contributed by atoms with E-state index in [1.807, 2.05) is 49.3 Å². The maximum Gasteiger partial charge on any atom is 0.405 e. The normalized spacial score (nSPS) is 13.8. The Morgan fingerprint density at radius 1 is 1.30 bits per heavy atom. The molecule has 0 aliphatic heterocycles. The Bertz CT molecular complexity index is 448. The number of hydrogen-bond donors (Lipinski definition) is 3. The van der Waals surface area contributed by atoms with Gasteiger partial charge in [-0.15, -0.1) is 0 Å². The summed E-state index contributed by atoms with van der Waals surface area (Å²) in [7, 11) is 3.79. The van der Waals surface area contributed by atoms with E-state index < -0.39 is 18.0 Å². The lowest BCUT2D eigenvalue weighted by Gasteiger charge is -2.27. The number of benzene rings is 1. The summed E-state index contributed by atoms with van der Waals surface area (Å²) in [6, 6.07) is 8.96. The van der Waals surface area contributed by atoms with Crippen LogP contribution in [0.1, 0.15) is 12.0 Å². The summed E-state index contributed by atoms with van der Waals surface area (Å²) in [4.78, 5) is 24.0. The molecule has 0 bridgehead atoms. The van der Waals surface area contributed by atoms with Gasteiger partial charge >= 0.3 is 6.09 Å². The molecule has 110 valence electrons. The van der Waals surface area contributed by atoms with Crippen LogP contribution < -0.4 is 11.1 Å². The zero-order chi connectivity index (χ0) is 15.1. The first kappa shape index (κ1) is 16.0. The second kappa shape index (κ2) is 7.49. The van der Waals surface area contributed by atoms with Crippen molar-refractivity contribution in [3.05, 3.63) is 35.9 Å². The summed E-state index contributed by atoms with van der Waals surface area (Å²) in [6.45, 7) is 0. The van der Waals surface area contributed by atoms with Gasteiger partial charge in [-0.2, -0.15) is 0 Å². The van der Waals surface area contributed by atoms with Gasteiger partial charge in [0.1, 0.15) is 6.04 Å². The fourth-order valence-electron chi connectivity index (χ4n) is 2.03. The number of nitrogens with zero attached hydrogens (tertiary/aromatic N) is 1. The van der Waals surface area contributed by atoms with E-state index in [4.69, 9.17) is 10.8 Å². The average molecular weight is 279 g/mol. The standard InChI is InChI=1S/C14H21N3O3/c1-17(2)11(8-10-6-4-3-5-7-10)9-12(13(15)18)16-14(19)20/h3-7,11-12,16H,8-9H2,1-2H3,(H2,15,18)(H,19,20)/t11-,12?/m1/s1. The van der Waals surface area contributed by atoms with Crippen LogP contribution in [0.3, 0.4) is 0 Å². The third-order valence-electron chi connectivity index (χ3n) is 3.19. The predicted molar refractivity (Wildman–Crippen MR) is 76.4 cm³/mol. The van der Waals surface area contributed by atoms with Crippen LogP contribution in [-0.4, -0.2) is 48.2 Å². The van der Waals surface area contributed by atoms with Gasteiger partial charge in [0.15, 0.2) is 0 Å². The fraction of sp³-hybridized carbons (Fsp3) is 0.429. The van der Waals surface area contributed by atoms with Crippen molar-refractivity contribution in [3.63, 3.8) is 0 Å². The summed E-state index contributed by atoms with van der Waals surface area (Å²) >= 11 is 0. The van der Waals surface area contributed by atoms with Crippen LogP contribution in [0, 0.1) is 0 Å². The molecule has 1 aromatic rings. The number of likely N-dealkylation sites (N-methyl/N-ethyl adjacent to an activating group) is 1. The highest BCUT2D eigenvalue weighted by Gasteiger charge is 2.24. The molecule has 1 rings (SSSR count). The topological polar surface area (TPSA) is 95.7 Å². The Balaban J connectivity index is 2.75. The third kappa shape index (κ3) is 5.27. The highest BCUT2D eigenvalue weighted by atomic mass is 16.4. The molecule has 0 fully saturated rings. The summed E-state index contributed by atoms with van der Waals surface area (Å²) in [6.07, 6.45) is -0.186. The molecule has 0 aliphatic carbocycles. The number of primary amides is 1. The largest absolute Gasteiger partial charge is 0.465 e.